The summed E-state index contributed by atoms with van der Waals surface area (Å²) in [4.78, 5) is 12.5. The van der Waals surface area contributed by atoms with Crippen LogP contribution in [-0.4, -0.2) is 19.1 Å². The molecule has 128 valence electrons. The molecule has 2 aromatic rings. The average Bonchev–Trinajstić information content (AvgIpc) is 2.56. The number of amides is 1. The first-order valence-electron chi connectivity index (χ1n) is 8.35. The molecule has 1 N–H and O–H groups in total. The van der Waals surface area contributed by atoms with Crippen LogP contribution in [-0.2, 0) is 11.3 Å². The molecule has 0 unspecified atom stereocenters. The summed E-state index contributed by atoms with van der Waals surface area (Å²) in [5, 5.41) is 2.92. The highest BCUT2D eigenvalue weighted by atomic mass is 16.5. The Kier molecular flexibility index (Phi) is 6.82. The van der Waals surface area contributed by atoms with E-state index in [1.807, 2.05) is 50.2 Å². The molecule has 1 amide bonds. The van der Waals surface area contributed by atoms with E-state index in [4.69, 9.17) is 9.47 Å². The normalized spacial score (nSPS) is 10.5. The molecule has 24 heavy (non-hydrogen) atoms. The van der Waals surface area contributed by atoms with Crippen LogP contribution in [0.2, 0.25) is 0 Å². The second kappa shape index (κ2) is 9.08. The van der Waals surface area contributed by atoms with E-state index < -0.39 is 0 Å². The third-order valence-electron chi connectivity index (χ3n) is 3.50. The van der Waals surface area contributed by atoms with Crippen LogP contribution in [0.3, 0.4) is 0 Å². The number of nitrogens with one attached hydrogen (secondary N) is 1. The van der Waals surface area contributed by atoms with Crippen molar-refractivity contribution in [3.05, 3.63) is 59.2 Å². The van der Waals surface area contributed by atoms with E-state index in [1.165, 1.54) is 0 Å². The number of benzene rings is 2. The van der Waals surface area contributed by atoms with Gasteiger partial charge < -0.3 is 14.8 Å². The molecule has 2 rings (SSSR count). The molecule has 0 bridgehead atoms. The molecular formula is C20H25NO3. The Morgan fingerprint density at radius 1 is 1.12 bits per heavy atom. The van der Waals surface area contributed by atoms with E-state index in [2.05, 4.69) is 12.2 Å². The number of carbonyl (C=O) groups is 1. The number of anilines is 1. The van der Waals surface area contributed by atoms with Crippen molar-refractivity contribution in [2.45, 2.75) is 33.8 Å². The van der Waals surface area contributed by atoms with Gasteiger partial charge >= 0.3 is 0 Å². The predicted octanol–water partition coefficient (Wildman–Crippen LogP) is 4.57. The van der Waals surface area contributed by atoms with Gasteiger partial charge in [0, 0.05) is 23.4 Å². The van der Waals surface area contributed by atoms with Crippen LogP contribution < -0.4 is 10.1 Å². The predicted molar refractivity (Wildman–Crippen MR) is 96.7 cm³/mol. The Morgan fingerprint density at radius 2 is 1.96 bits per heavy atom. The fourth-order valence-corrected chi connectivity index (χ4v) is 2.38. The van der Waals surface area contributed by atoms with E-state index in [0.717, 1.165) is 29.0 Å². The van der Waals surface area contributed by atoms with Crippen molar-refractivity contribution < 1.29 is 14.3 Å². The lowest BCUT2D eigenvalue weighted by Gasteiger charge is -2.13. The first-order valence-corrected chi connectivity index (χ1v) is 8.35. The van der Waals surface area contributed by atoms with Crippen molar-refractivity contribution in [3.63, 3.8) is 0 Å². The third kappa shape index (κ3) is 5.10. The zero-order valence-electron chi connectivity index (χ0n) is 14.6. The van der Waals surface area contributed by atoms with Gasteiger partial charge in [-0.25, -0.2) is 0 Å². The number of ether oxygens (including phenoxy) is 2. The van der Waals surface area contributed by atoms with Crippen LogP contribution in [0.5, 0.6) is 5.75 Å². The largest absolute Gasteiger partial charge is 0.494 e. The SMILES string of the molecule is CCCOCc1cc(C(=O)Nc2cccc(C)c2)ccc1OCC. The molecule has 0 heterocycles. The van der Waals surface area contributed by atoms with Crippen LogP contribution in [0.25, 0.3) is 0 Å². The number of rotatable bonds is 8. The Hall–Kier alpha value is -2.33. The maximum absolute atomic E-state index is 12.5. The smallest absolute Gasteiger partial charge is 0.255 e. The molecule has 0 saturated carbocycles. The molecule has 0 aliphatic rings. The Labute approximate surface area is 143 Å². The Morgan fingerprint density at radius 3 is 2.67 bits per heavy atom. The first kappa shape index (κ1) is 18.0. The first-order chi connectivity index (χ1) is 11.6. The molecule has 4 nitrogen and oxygen atoms in total. The standard InChI is InChI=1S/C20H25NO3/c1-4-11-23-14-17-13-16(9-10-19(17)24-5-2)20(22)21-18-8-6-7-15(3)12-18/h6-10,12-13H,4-5,11,14H2,1-3H3,(H,21,22). The molecule has 0 spiro atoms. The van der Waals surface area contributed by atoms with Crippen LogP contribution in [0.4, 0.5) is 5.69 Å². The lowest BCUT2D eigenvalue weighted by molar-refractivity contribution is 0.102. The van der Waals surface area contributed by atoms with Crippen molar-refractivity contribution in [2.75, 3.05) is 18.5 Å². The molecular weight excluding hydrogens is 302 g/mol. The van der Waals surface area contributed by atoms with E-state index in [0.29, 0.717) is 25.4 Å². The summed E-state index contributed by atoms with van der Waals surface area (Å²) < 4.78 is 11.2. The monoisotopic (exact) mass is 327 g/mol. The number of aryl methyl sites for hydroxylation is 1. The van der Waals surface area contributed by atoms with Gasteiger partial charge in [-0.1, -0.05) is 19.1 Å². The summed E-state index contributed by atoms with van der Waals surface area (Å²) in [5.41, 5.74) is 3.38. The van der Waals surface area contributed by atoms with Crippen molar-refractivity contribution in [1.29, 1.82) is 0 Å². The minimum atomic E-state index is -0.139. The zero-order chi connectivity index (χ0) is 17.4. The van der Waals surface area contributed by atoms with Gasteiger partial charge in [0.2, 0.25) is 0 Å². The maximum atomic E-state index is 12.5. The molecule has 0 aliphatic heterocycles. The van der Waals surface area contributed by atoms with Crippen molar-refractivity contribution in [3.8, 4) is 5.75 Å². The van der Waals surface area contributed by atoms with E-state index in [9.17, 15) is 4.79 Å². The molecule has 2 aromatic carbocycles. The zero-order valence-corrected chi connectivity index (χ0v) is 14.6. The van der Waals surface area contributed by atoms with Crippen LogP contribution in [0, 0.1) is 6.92 Å². The third-order valence-corrected chi connectivity index (χ3v) is 3.50. The maximum Gasteiger partial charge on any atom is 0.255 e. The van der Waals surface area contributed by atoms with Crippen LogP contribution >= 0.6 is 0 Å². The molecule has 0 fully saturated rings. The number of hydrogen-bond donors (Lipinski definition) is 1. The quantitative estimate of drug-likeness (QED) is 0.722. The second-order valence-corrected chi connectivity index (χ2v) is 5.63. The summed E-state index contributed by atoms with van der Waals surface area (Å²) in [6.45, 7) is 7.70. The lowest BCUT2D eigenvalue weighted by Crippen LogP contribution is -2.13. The van der Waals surface area contributed by atoms with Gasteiger partial charge in [0.15, 0.2) is 0 Å². The lowest BCUT2D eigenvalue weighted by atomic mass is 10.1. The minimum Gasteiger partial charge on any atom is -0.494 e. The molecule has 4 heteroatoms. The van der Waals surface area contributed by atoms with Gasteiger partial charge in [-0.15, -0.1) is 0 Å². The molecule has 0 aromatic heterocycles. The van der Waals surface area contributed by atoms with Gasteiger partial charge in [0.1, 0.15) is 5.75 Å². The summed E-state index contributed by atoms with van der Waals surface area (Å²) in [6.07, 6.45) is 0.956. The minimum absolute atomic E-state index is 0.139. The Bertz CT molecular complexity index is 682. The highest BCUT2D eigenvalue weighted by Crippen LogP contribution is 2.22. The molecule has 0 saturated heterocycles. The van der Waals surface area contributed by atoms with E-state index >= 15 is 0 Å². The molecule has 0 atom stereocenters. The van der Waals surface area contributed by atoms with Gasteiger partial charge in [-0.05, 0) is 56.2 Å². The van der Waals surface area contributed by atoms with Crippen molar-refractivity contribution >= 4 is 11.6 Å². The van der Waals surface area contributed by atoms with Crippen LogP contribution in [0.1, 0.15) is 41.8 Å². The topological polar surface area (TPSA) is 47.6 Å². The van der Waals surface area contributed by atoms with Gasteiger partial charge in [-0.2, -0.15) is 0 Å². The van der Waals surface area contributed by atoms with Crippen molar-refractivity contribution in [2.24, 2.45) is 0 Å². The van der Waals surface area contributed by atoms with E-state index in [-0.39, 0.29) is 5.91 Å². The highest BCUT2D eigenvalue weighted by Gasteiger charge is 2.11. The number of hydrogen-bond acceptors (Lipinski definition) is 3. The summed E-state index contributed by atoms with van der Waals surface area (Å²) >= 11 is 0. The fraction of sp³-hybridized carbons (Fsp3) is 0.350. The molecule has 0 aliphatic carbocycles. The Balaban J connectivity index is 2.16. The van der Waals surface area contributed by atoms with E-state index in [1.54, 1.807) is 6.07 Å². The summed E-state index contributed by atoms with van der Waals surface area (Å²) in [6, 6.07) is 13.2. The summed E-state index contributed by atoms with van der Waals surface area (Å²) in [5.74, 6) is 0.626. The van der Waals surface area contributed by atoms with Crippen molar-refractivity contribution in [1.82, 2.24) is 0 Å². The highest BCUT2D eigenvalue weighted by molar-refractivity contribution is 6.04. The summed E-state index contributed by atoms with van der Waals surface area (Å²) in [7, 11) is 0. The average molecular weight is 327 g/mol. The second-order valence-electron chi connectivity index (χ2n) is 5.63. The van der Waals surface area contributed by atoms with Gasteiger partial charge in [-0.3, -0.25) is 4.79 Å². The number of carbonyl (C=O) groups excluding carboxylic acids is 1. The van der Waals surface area contributed by atoms with Crippen LogP contribution in [0.15, 0.2) is 42.5 Å². The van der Waals surface area contributed by atoms with Gasteiger partial charge in [0.05, 0.1) is 13.2 Å². The fourth-order valence-electron chi connectivity index (χ4n) is 2.38. The molecule has 0 radical (unpaired) electrons. The van der Waals surface area contributed by atoms with Gasteiger partial charge in [0.25, 0.3) is 5.91 Å².